The lowest BCUT2D eigenvalue weighted by Crippen LogP contribution is -1.98. The summed E-state index contributed by atoms with van der Waals surface area (Å²) in [6.45, 7) is 0. The van der Waals surface area contributed by atoms with E-state index in [4.69, 9.17) is 9.97 Å². The molecule has 3 aromatic heterocycles. The summed E-state index contributed by atoms with van der Waals surface area (Å²) in [4.78, 5) is 10.3. The van der Waals surface area contributed by atoms with Gasteiger partial charge in [-0.05, 0) is 77.5 Å². The third kappa shape index (κ3) is 4.85. The van der Waals surface area contributed by atoms with Gasteiger partial charge in [0.05, 0.1) is 33.5 Å². The summed E-state index contributed by atoms with van der Waals surface area (Å²) in [7, 11) is 0. The first-order valence-electron chi connectivity index (χ1n) is 18.3. The molecule has 0 amide bonds. The summed E-state index contributed by atoms with van der Waals surface area (Å²) in [5, 5.41) is 7.36. The monoisotopic (exact) mass is 688 g/mol. The molecule has 3 heterocycles. The van der Waals surface area contributed by atoms with Gasteiger partial charge in [-0.25, -0.2) is 9.97 Å². The fourth-order valence-electron chi connectivity index (χ4n) is 8.19. The van der Waals surface area contributed by atoms with Crippen molar-refractivity contribution in [3.63, 3.8) is 0 Å². The maximum Gasteiger partial charge on any atom is 0.160 e. The van der Waals surface area contributed by atoms with Crippen LogP contribution in [0.5, 0.6) is 0 Å². The van der Waals surface area contributed by atoms with Gasteiger partial charge in [-0.15, -0.1) is 0 Å². The molecule has 54 heavy (non-hydrogen) atoms. The molecule has 0 saturated carbocycles. The average Bonchev–Trinajstić information content (AvgIpc) is 3.74. The van der Waals surface area contributed by atoms with E-state index in [1.165, 1.54) is 43.4 Å². The number of benzene rings is 8. The molecule has 0 unspecified atom stereocenters. The molecule has 8 aromatic carbocycles. The molecule has 0 saturated heterocycles. The van der Waals surface area contributed by atoms with Crippen LogP contribution in [0.3, 0.4) is 0 Å². The molecular formula is C50H32N4. The highest BCUT2D eigenvalue weighted by Crippen LogP contribution is 2.39. The van der Waals surface area contributed by atoms with Crippen molar-refractivity contribution in [2.75, 3.05) is 0 Å². The first-order chi connectivity index (χ1) is 26.8. The Morgan fingerprint density at radius 3 is 1.30 bits per heavy atom. The number of nitrogens with zero attached hydrogens (tertiary/aromatic N) is 4. The van der Waals surface area contributed by atoms with Crippen LogP contribution < -0.4 is 0 Å². The minimum atomic E-state index is 0.695. The Labute approximate surface area is 311 Å². The molecule has 0 fully saturated rings. The van der Waals surface area contributed by atoms with Crippen molar-refractivity contribution in [1.29, 1.82) is 0 Å². The summed E-state index contributed by atoms with van der Waals surface area (Å²) in [5.41, 5.74) is 11.8. The van der Waals surface area contributed by atoms with Gasteiger partial charge < -0.3 is 9.13 Å². The molecule has 0 atom stereocenters. The summed E-state index contributed by atoms with van der Waals surface area (Å²) >= 11 is 0. The number of hydrogen-bond acceptors (Lipinski definition) is 2. The quantitative estimate of drug-likeness (QED) is 0.180. The Kier molecular flexibility index (Phi) is 6.82. The van der Waals surface area contributed by atoms with Gasteiger partial charge in [0.1, 0.15) is 0 Å². The molecule has 4 nitrogen and oxygen atoms in total. The van der Waals surface area contributed by atoms with Crippen molar-refractivity contribution in [1.82, 2.24) is 19.1 Å². The molecular weight excluding hydrogens is 657 g/mol. The van der Waals surface area contributed by atoms with E-state index in [0.29, 0.717) is 5.82 Å². The van der Waals surface area contributed by atoms with Gasteiger partial charge in [0.15, 0.2) is 5.82 Å². The first-order valence-corrected chi connectivity index (χ1v) is 18.3. The number of hydrogen-bond donors (Lipinski definition) is 0. The number of rotatable bonds is 5. The molecule has 0 bridgehead atoms. The minimum Gasteiger partial charge on any atom is -0.309 e. The van der Waals surface area contributed by atoms with E-state index in [2.05, 4.69) is 191 Å². The third-order valence-electron chi connectivity index (χ3n) is 10.7. The maximum absolute atomic E-state index is 5.14. The summed E-state index contributed by atoms with van der Waals surface area (Å²) in [6, 6.07) is 69.0. The van der Waals surface area contributed by atoms with E-state index in [1.807, 2.05) is 12.1 Å². The summed E-state index contributed by atoms with van der Waals surface area (Å²) < 4.78 is 4.78. The third-order valence-corrected chi connectivity index (χ3v) is 10.7. The summed E-state index contributed by atoms with van der Waals surface area (Å²) in [5.74, 6) is 0.695. The van der Waals surface area contributed by atoms with Gasteiger partial charge in [-0.2, -0.15) is 0 Å². The Bertz CT molecular complexity index is 3140. The smallest absolute Gasteiger partial charge is 0.160 e. The SMILES string of the molecule is c1ccc(-c2cc(-c3ccccc3)nc(-c3cccc(-n4c5ccccc5c5cc6cc7c(cc6cc54)c4ccccc4n7-c4ccccc4)c3)n2)cc1. The second-order valence-corrected chi connectivity index (χ2v) is 13.9. The second-order valence-electron chi connectivity index (χ2n) is 13.9. The number of aromatic nitrogens is 4. The Hall–Kier alpha value is -7.30. The van der Waals surface area contributed by atoms with Crippen molar-refractivity contribution in [2.45, 2.75) is 0 Å². The topological polar surface area (TPSA) is 35.6 Å². The molecule has 0 aliphatic carbocycles. The number of fused-ring (bicyclic) bond motifs is 7. The van der Waals surface area contributed by atoms with E-state index in [9.17, 15) is 0 Å². The highest BCUT2D eigenvalue weighted by molar-refractivity contribution is 6.18. The van der Waals surface area contributed by atoms with Crippen LogP contribution in [-0.4, -0.2) is 19.1 Å². The molecule has 0 spiro atoms. The van der Waals surface area contributed by atoms with Crippen molar-refractivity contribution >= 4 is 54.4 Å². The van der Waals surface area contributed by atoms with Crippen LogP contribution >= 0.6 is 0 Å². The minimum absolute atomic E-state index is 0.695. The molecule has 0 aliphatic heterocycles. The summed E-state index contributed by atoms with van der Waals surface area (Å²) in [6.07, 6.45) is 0. The van der Waals surface area contributed by atoms with Crippen LogP contribution in [0.1, 0.15) is 0 Å². The maximum atomic E-state index is 5.14. The number of para-hydroxylation sites is 3. The van der Waals surface area contributed by atoms with Crippen molar-refractivity contribution in [3.05, 3.63) is 194 Å². The largest absolute Gasteiger partial charge is 0.309 e. The predicted molar refractivity (Wildman–Crippen MR) is 225 cm³/mol. The molecule has 0 aliphatic rings. The van der Waals surface area contributed by atoms with Gasteiger partial charge in [0.2, 0.25) is 0 Å². The van der Waals surface area contributed by atoms with Crippen LogP contribution in [0.2, 0.25) is 0 Å². The van der Waals surface area contributed by atoms with Gasteiger partial charge >= 0.3 is 0 Å². The molecule has 0 N–H and O–H groups in total. The molecule has 252 valence electrons. The van der Waals surface area contributed by atoms with E-state index >= 15 is 0 Å². The lowest BCUT2D eigenvalue weighted by Gasteiger charge is -2.12. The van der Waals surface area contributed by atoms with Crippen LogP contribution in [0.25, 0.3) is 99.7 Å². The van der Waals surface area contributed by atoms with Crippen molar-refractivity contribution in [2.24, 2.45) is 0 Å². The highest BCUT2D eigenvalue weighted by atomic mass is 15.0. The zero-order chi connectivity index (χ0) is 35.6. The van der Waals surface area contributed by atoms with Crippen LogP contribution in [0.4, 0.5) is 0 Å². The second kappa shape index (κ2) is 12.1. The molecule has 11 rings (SSSR count). The Balaban J connectivity index is 1.13. The van der Waals surface area contributed by atoms with E-state index in [1.54, 1.807) is 0 Å². The van der Waals surface area contributed by atoms with Gasteiger partial charge in [0.25, 0.3) is 0 Å². The lowest BCUT2D eigenvalue weighted by molar-refractivity contribution is 1.16. The van der Waals surface area contributed by atoms with Crippen LogP contribution in [-0.2, 0) is 0 Å². The van der Waals surface area contributed by atoms with Gasteiger partial charge in [-0.3, -0.25) is 0 Å². The zero-order valence-corrected chi connectivity index (χ0v) is 29.3. The zero-order valence-electron chi connectivity index (χ0n) is 29.3. The molecule has 11 aromatic rings. The standard InChI is InChI=1S/C50H32N4/c1-4-15-33(16-5-1)44-32-45(34-17-6-2-7-18-34)52-50(51-44)35-19-14-22-39(27-35)54-47-26-13-11-24-41(47)43-29-36-30-48-42(28-37(36)31-49(43)54)40-23-10-12-25-46(40)53(48)38-20-8-3-9-21-38/h1-32H. The fourth-order valence-corrected chi connectivity index (χ4v) is 8.19. The highest BCUT2D eigenvalue weighted by Gasteiger charge is 2.18. The van der Waals surface area contributed by atoms with E-state index in [-0.39, 0.29) is 0 Å². The predicted octanol–water partition coefficient (Wildman–Crippen LogP) is 12.8. The first kappa shape index (κ1) is 30.3. The lowest BCUT2D eigenvalue weighted by atomic mass is 10.0. The van der Waals surface area contributed by atoms with Crippen molar-refractivity contribution in [3.8, 4) is 45.3 Å². The molecule has 4 heteroatoms. The Morgan fingerprint density at radius 1 is 0.296 bits per heavy atom. The Morgan fingerprint density at radius 2 is 0.741 bits per heavy atom. The van der Waals surface area contributed by atoms with Crippen molar-refractivity contribution < 1.29 is 0 Å². The van der Waals surface area contributed by atoms with E-state index < -0.39 is 0 Å². The average molecular weight is 689 g/mol. The van der Waals surface area contributed by atoms with Crippen LogP contribution in [0, 0.1) is 0 Å². The molecule has 0 radical (unpaired) electrons. The van der Waals surface area contributed by atoms with Gasteiger partial charge in [-0.1, -0.05) is 127 Å². The van der Waals surface area contributed by atoms with Crippen LogP contribution in [0.15, 0.2) is 194 Å². The van der Waals surface area contributed by atoms with Gasteiger partial charge in [0, 0.05) is 49.6 Å². The fraction of sp³-hybridized carbons (Fsp3) is 0. The normalized spacial score (nSPS) is 11.7. The van der Waals surface area contributed by atoms with E-state index in [0.717, 1.165) is 50.5 Å².